The molecule has 0 heterocycles. The van der Waals surface area contributed by atoms with E-state index in [9.17, 15) is 4.79 Å². The SMILES string of the molecule is Cc1cccc(C(=O)CCC(C)(C)CCN)c1C. The average Bonchev–Trinajstić information content (AvgIpc) is 2.30. The van der Waals surface area contributed by atoms with Crippen LogP contribution in [0.1, 0.15) is 54.6 Å². The Balaban J connectivity index is 2.69. The zero-order valence-corrected chi connectivity index (χ0v) is 12.0. The molecule has 2 nitrogen and oxygen atoms in total. The minimum Gasteiger partial charge on any atom is -0.330 e. The van der Waals surface area contributed by atoms with Crippen LogP contribution in [0.25, 0.3) is 0 Å². The van der Waals surface area contributed by atoms with Gasteiger partial charge in [-0.15, -0.1) is 0 Å². The Morgan fingerprint density at radius 2 is 1.89 bits per heavy atom. The van der Waals surface area contributed by atoms with Gasteiger partial charge in [-0.25, -0.2) is 0 Å². The molecule has 1 rings (SSSR count). The molecular formula is C16H25NO. The summed E-state index contributed by atoms with van der Waals surface area (Å²) in [6.45, 7) is 9.11. The van der Waals surface area contributed by atoms with Crippen molar-refractivity contribution in [2.45, 2.75) is 47.0 Å². The van der Waals surface area contributed by atoms with Crippen LogP contribution < -0.4 is 5.73 Å². The van der Waals surface area contributed by atoms with Gasteiger partial charge >= 0.3 is 0 Å². The molecule has 18 heavy (non-hydrogen) atoms. The lowest BCUT2D eigenvalue weighted by Crippen LogP contribution is -2.18. The second-order valence-electron chi connectivity index (χ2n) is 5.87. The number of benzene rings is 1. The fourth-order valence-corrected chi connectivity index (χ4v) is 2.16. The molecule has 0 radical (unpaired) electrons. The summed E-state index contributed by atoms with van der Waals surface area (Å²) in [6, 6.07) is 5.94. The lowest BCUT2D eigenvalue weighted by molar-refractivity contribution is 0.0961. The molecule has 1 aromatic rings. The van der Waals surface area contributed by atoms with Gasteiger partial charge in [0.15, 0.2) is 5.78 Å². The molecule has 0 aliphatic rings. The maximum Gasteiger partial charge on any atom is 0.163 e. The molecule has 0 aliphatic carbocycles. The Labute approximate surface area is 111 Å². The van der Waals surface area contributed by atoms with Gasteiger partial charge < -0.3 is 5.73 Å². The van der Waals surface area contributed by atoms with Crippen LogP contribution in [-0.4, -0.2) is 12.3 Å². The topological polar surface area (TPSA) is 43.1 Å². The fraction of sp³-hybridized carbons (Fsp3) is 0.562. The lowest BCUT2D eigenvalue weighted by atomic mass is 9.83. The van der Waals surface area contributed by atoms with Gasteiger partial charge in [0, 0.05) is 12.0 Å². The fourth-order valence-electron chi connectivity index (χ4n) is 2.16. The highest BCUT2D eigenvalue weighted by molar-refractivity contribution is 5.97. The monoisotopic (exact) mass is 247 g/mol. The molecule has 0 spiro atoms. The summed E-state index contributed by atoms with van der Waals surface area (Å²) in [7, 11) is 0. The highest BCUT2D eigenvalue weighted by atomic mass is 16.1. The van der Waals surface area contributed by atoms with Crippen LogP contribution in [0.15, 0.2) is 18.2 Å². The highest BCUT2D eigenvalue weighted by Crippen LogP contribution is 2.27. The minimum absolute atomic E-state index is 0.155. The lowest BCUT2D eigenvalue weighted by Gasteiger charge is -2.23. The predicted octanol–water partition coefficient (Wildman–Crippen LogP) is 3.64. The van der Waals surface area contributed by atoms with Crippen LogP contribution >= 0.6 is 0 Å². The maximum atomic E-state index is 12.2. The van der Waals surface area contributed by atoms with Crippen molar-refractivity contribution in [2.24, 2.45) is 11.1 Å². The number of Topliss-reactive ketones (excluding diaryl/α,β-unsaturated/α-hetero) is 1. The quantitative estimate of drug-likeness (QED) is 0.780. The molecule has 0 bridgehead atoms. The Hall–Kier alpha value is -1.15. The van der Waals surface area contributed by atoms with Gasteiger partial charge in [-0.2, -0.15) is 0 Å². The third kappa shape index (κ3) is 3.95. The van der Waals surface area contributed by atoms with Gasteiger partial charge in [-0.1, -0.05) is 32.0 Å². The van der Waals surface area contributed by atoms with Crippen LogP contribution in [0, 0.1) is 19.3 Å². The first-order valence-electron chi connectivity index (χ1n) is 6.67. The smallest absolute Gasteiger partial charge is 0.163 e. The Morgan fingerprint density at radius 1 is 1.22 bits per heavy atom. The van der Waals surface area contributed by atoms with Crippen molar-refractivity contribution >= 4 is 5.78 Å². The van der Waals surface area contributed by atoms with E-state index in [1.807, 2.05) is 32.0 Å². The highest BCUT2D eigenvalue weighted by Gasteiger charge is 2.19. The molecule has 0 saturated heterocycles. The summed E-state index contributed by atoms with van der Waals surface area (Å²) in [5.41, 5.74) is 8.91. The molecular weight excluding hydrogens is 222 g/mol. The second-order valence-corrected chi connectivity index (χ2v) is 5.87. The molecule has 0 fully saturated rings. The standard InChI is InChI=1S/C16H25NO/c1-12-6-5-7-14(13(12)2)15(18)8-9-16(3,4)10-11-17/h5-7H,8-11,17H2,1-4H3. The van der Waals surface area contributed by atoms with E-state index < -0.39 is 0 Å². The first-order chi connectivity index (χ1) is 8.37. The minimum atomic E-state index is 0.155. The van der Waals surface area contributed by atoms with Crippen molar-refractivity contribution in [3.8, 4) is 0 Å². The first kappa shape index (κ1) is 14.9. The van der Waals surface area contributed by atoms with Gasteiger partial charge in [-0.05, 0) is 49.8 Å². The van der Waals surface area contributed by atoms with E-state index in [0.29, 0.717) is 13.0 Å². The Kier molecular flexibility index (Phi) is 5.09. The normalized spacial score (nSPS) is 11.6. The van der Waals surface area contributed by atoms with Crippen molar-refractivity contribution in [3.63, 3.8) is 0 Å². The van der Waals surface area contributed by atoms with Crippen molar-refractivity contribution in [1.82, 2.24) is 0 Å². The number of carbonyl (C=O) groups excluding carboxylic acids is 1. The van der Waals surface area contributed by atoms with Crippen LogP contribution in [0.5, 0.6) is 0 Å². The molecule has 2 heteroatoms. The van der Waals surface area contributed by atoms with Crippen molar-refractivity contribution < 1.29 is 4.79 Å². The van der Waals surface area contributed by atoms with E-state index in [2.05, 4.69) is 13.8 Å². The van der Waals surface area contributed by atoms with Crippen LogP contribution in [-0.2, 0) is 0 Å². The summed E-state index contributed by atoms with van der Waals surface area (Å²) in [4.78, 5) is 12.2. The summed E-state index contributed by atoms with van der Waals surface area (Å²) >= 11 is 0. The summed E-state index contributed by atoms with van der Waals surface area (Å²) in [6.07, 6.45) is 2.47. The van der Waals surface area contributed by atoms with Gasteiger partial charge in [0.05, 0.1) is 0 Å². The van der Waals surface area contributed by atoms with Crippen molar-refractivity contribution in [1.29, 1.82) is 0 Å². The first-order valence-corrected chi connectivity index (χ1v) is 6.67. The number of carbonyl (C=O) groups is 1. The number of hydrogen-bond acceptors (Lipinski definition) is 2. The molecule has 0 aromatic heterocycles. The number of nitrogens with two attached hydrogens (primary N) is 1. The summed E-state index contributed by atoms with van der Waals surface area (Å²) in [5, 5.41) is 0. The molecule has 1 aromatic carbocycles. The molecule has 0 unspecified atom stereocenters. The van der Waals surface area contributed by atoms with E-state index >= 15 is 0 Å². The zero-order chi connectivity index (χ0) is 13.8. The van der Waals surface area contributed by atoms with Crippen molar-refractivity contribution in [2.75, 3.05) is 6.54 Å². The van der Waals surface area contributed by atoms with Gasteiger partial charge in [0.25, 0.3) is 0 Å². The predicted molar refractivity (Wildman–Crippen MR) is 76.9 cm³/mol. The van der Waals surface area contributed by atoms with Gasteiger partial charge in [0.2, 0.25) is 0 Å². The average molecular weight is 247 g/mol. The molecule has 100 valence electrons. The Bertz CT molecular complexity index is 421. The molecule has 0 atom stereocenters. The molecule has 0 amide bonds. The van der Waals surface area contributed by atoms with Crippen LogP contribution in [0.3, 0.4) is 0 Å². The molecule has 0 saturated carbocycles. The number of ketones is 1. The Morgan fingerprint density at radius 3 is 2.50 bits per heavy atom. The van der Waals surface area contributed by atoms with Crippen LogP contribution in [0.2, 0.25) is 0 Å². The second kappa shape index (κ2) is 6.14. The number of hydrogen-bond donors (Lipinski definition) is 1. The van der Waals surface area contributed by atoms with Gasteiger partial charge in [-0.3, -0.25) is 4.79 Å². The summed E-state index contributed by atoms with van der Waals surface area (Å²) in [5.74, 6) is 0.251. The summed E-state index contributed by atoms with van der Waals surface area (Å²) < 4.78 is 0. The third-order valence-corrected chi connectivity index (χ3v) is 3.75. The van der Waals surface area contributed by atoms with Crippen molar-refractivity contribution in [3.05, 3.63) is 34.9 Å². The third-order valence-electron chi connectivity index (χ3n) is 3.75. The van der Waals surface area contributed by atoms with E-state index in [1.54, 1.807) is 0 Å². The maximum absolute atomic E-state index is 12.2. The van der Waals surface area contributed by atoms with E-state index in [1.165, 1.54) is 5.56 Å². The molecule has 0 aliphatic heterocycles. The largest absolute Gasteiger partial charge is 0.330 e. The van der Waals surface area contributed by atoms with Crippen LogP contribution in [0.4, 0.5) is 0 Å². The number of aryl methyl sites for hydroxylation is 1. The number of rotatable bonds is 6. The molecule has 2 N–H and O–H groups in total. The van der Waals surface area contributed by atoms with E-state index in [0.717, 1.165) is 24.0 Å². The van der Waals surface area contributed by atoms with E-state index in [4.69, 9.17) is 5.73 Å². The van der Waals surface area contributed by atoms with E-state index in [-0.39, 0.29) is 11.2 Å². The zero-order valence-electron chi connectivity index (χ0n) is 12.0. The van der Waals surface area contributed by atoms with Gasteiger partial charge in [0.1, 0.15) is 0 Å².